The molecule has 0 heterocycles. The summed E-state index contributed by atoms with van der Waals surface area (Å²) in [6, 6.07) is 7.83. The standard InChI is InChI=1S/C22H17Cl3F2N4O3/c23-14-5-4-11(29-21(34)13-10-22(13,24)25)9-12(14)20(33)30-16-7-6-15(26)19(18(16)27)31-17(32)3-1-2-8-28/h4-7,9,13H,1-3,10H2,(H,29,34)(H,30,33)(H,31,32). The van der Waals surface area contributed by atoms with Gasteiger partial charge in [0.05, 0.1) is 28.3 Å². The number of rotatable bonds is 8. The van der Waals surface area contributed by atoms with E-state index in [4.69, 9.17) is 40.1 Å². The predicted molar refractivity (Wildman–Crippen MR) is 125 cm³/mol. The van der Waals surface area contributed by atoms with Crippen molar-refractivity contribution in [3.05, 3.63) is 52.6 Å². The van der Waals surface area contributed by atoms with Gasteiger partial charge in [-0.25, -0.2) is 8.78 Å². The highest BCUT2D eigenvalue weighted by Crippen LogP contribution is 2.53. The van der Waals surface area contributed by atoms with E-state index in [1.165, 1.54) is 18.2 Å². The molecule has 0 saturated heterocycles. The van der Waals surface area contributed by atoms with E-state index in [0.29, 0.717) is 6.42 Å². The monoisotopic (exact) mass is 528 g/mol. The van der Waals surface area contributed by atoms with Crippen molar-refractivity contribution in [3.63, 3.8) is 0 Å². The first-order valence-corrected chi connectivity index (χ1v) is 11.1. The summed E-state index contributed by atoms with van der Waals surface area (Å²) in [5.74, 6) is -4.78. The summed E-state index contributed by atoms with van der Waals surface area (Å²) in [4.78, 5) is 36.8. The van der Waals surface area contributed by atoms with Crippen molar-refractivity contribution < 1.29 is 23.2 Å². The van der Waals surface area contributed by atoms with Crippen LogP contribution in [-0.2, 0) is 9.59 Å². The third-order valence-electron chi connectivity index (χ3n) is 4.92. The number of alkyl halides is 2. The van der Waals surface area contributed by atoms with Gasteiger partial charge in [-0.05, 0) is 43.2 Å². The number of unbranched alkanes of at least 4 members (excludes halogenated alkanes) is 1. The Balaban J connectivity index is 1.74. The molecule has 1 aliphatic carbocycles. The molecule has 3 rings (SSSR count). The number of anilines is 3. The lowest BCUT2D eigenvalue weighted by Gasteiger charge is -2.13. The number of amides is 3. The second-order valence-electron chi connectivity index (χ2n) is 7.50. The van der Waals surface area contributed by atoms with Crippen LogP contribution in [0.3, 0.4) is 0 Å². The van der Waals surface area contributed by atoms with Gasteiger partial charge >= 0.3 is 0 Å². The van der Waals surface area contributed by atoms with E-state index < -0.39 is 51.0 Å². The van der Waals surface area contributed by atoms with E-state index in [9.17, 15) is 23.2 Å². The molecule has 0 bridgehead atoms. The van der Waals surface area contributed by atoms with Crippen molar-refractivity contribution in [1.29, 1.82) is 5.26 Å². The van der Waals surface area contributed by atoms with Gasteiger partial charge in [0.2, 0.25) is 11.8 Å². The second-order valence-corrected chi connectivity index (χ2v) is 9.45. The van der Waals surface area contributed by atoms with Crippen molar-refractivity contribution >= 4 is 69.6 Å². The zero-order chi connectivity index (χ0) is 25.0. The Kier molecular flexibility index (Phi) is 7.97. The van der Waals surface area contributed by atoms with Gasteiger partial charge in [0.1, 0.15) is 15.8 Å². The van der Waals surface area contributed by atoms with Gasteiger partial charge in [0, 0.05) is 18.5 Å². The topological polar surface area (TPSA) is 111 Å². The highest BCUT2D eigenvalue weighted by atomic mass is 35.5. The first kappa shape index (κ1) is 25.7. The Morgan fingerprint density at radius 3 is 2.47 bits per heavy atom. The summed E-state index contributed by atoms with van der Waals surface area (Å²) in [6.45, 7) is 0. The van der Waals surface area contributed by atoms with Crippen molar-refractivity contribution in [2.45, 2.75) is 30.0 Å². The van der Waals surface area contributed by atoms with E-state index in [1.54, 1.807) is 0 Å². The lowest BCUT2D eigenvalue weighted by atomic mass is 10.1. The maximum atomic E-state index is 14.8. The minimum atomic E-state index is -1.20. The molecule has 34 heavy (non-hydrogen) atoms. The third-order valence-corrected chi connectivity index (χ3v) is 6.08. The first-order chi connectivity index (χ1) is 16.0. The molecular formula is C22H17Cl3F2N4O3. The Morgan fingerprint density at radius 2 is 1.82 bits per heavy atom. The highest BCUT2D eigenvalue weighted by Gasteiger charge is 2.56. The van der Waals surface area contributed by atoms with E-state index in [2.05, 4.69) is 16.0 Å². The van der Waals surface area contributed by atoms with Crippen LogP contribution in [0.1, 0.15) is 36.0 Å². The maximum Gasteiger partial charge on any atom is 0.257 e. The van der Waals surface area contributed by atoms with Crippen LogP contribution in [0.15, 0.2) is 30.3 Å². The van der Waals surface area contributed by atoms with Crippen LogP contribution in [0.4, 0.5) is 25.8 Å². The Morgan fingerprint density at radius 1 is 1.12 bits per heavy atom. The number of carbonyl (C=O) groups excluding carboxylic acids is 3. The van der Waals surface area contributed by atoms with E-state index in [0.717, 1.165) is 12.1 Å². The first-order valence-electron chi connectivity index (χ1n) is 9.98. The van der Waals surface area contributed by atoms with Gasteiger partial charge in [-0.1, -0.05) is 11.6 Å². The van der Waals surface area contributed by atoms with Crippen LogP contribution in [0.5, 0.6) is 0 Å². The number of nitriles is 1. The molecule has 3 amide bonds. The minimum absolute atomic E-state index is 0.0134. The van der Waals surface area contributed by atoms with Gasteiger partial charge in [-0.3, -0.25) is 14.4 Å². The Hall–Kier alpha value is -2.93. The van der Waals surface area contributed by atoms with Gasteiger partial charge in [-0.2, -0.15) is 5.26 Å². The van der Waals surface area contributed by atoms with Gasteiger partial charge in [0.25, 0.3) is 5.91 Å². The molecule has 0 spiro atoms. The van der Waals surface area contributed by atoms with Crippen LogP contribution in [0.2, 0.25) is 5.02 Å². The summed E-state index contributed by atoms with van der Waals surface area (Å²) in [5.41, 5.74) is -0.997. The number of carbonyl (C=O) groups is 3. The number of hydrogen-bond acceptors (Lipinski definition) is 4. The van der Waals surface area contributed by atoms with Crippen LogP contribution >= 0.6 is 34.8 Å². The fourth-order valence-electron chi connectivity index (χ4n) is 2.99. The molecule has 1 atom stereocenters. The zero-order valence-electron chi connectivity index (χ0n) is 17.4. The third kappa shape index (κ3) is 6.14. The summed E-state index contributed by atoms with van der Waals surface area (Å²) >= 11 is 17.9. The quantitative estimate of drug-likeness (QED) is 0.304. The van der Waals surface area contributed by atoms with Gasteiger partial charge in [0.15, 0.2) is 5.82 Å². The Labute approximate surface area is 208 Å². The number of benzene rings is 2. The van der Waals surface area contributed by atoms with Crippen LogP contribution < -0.4 is 16.0 Å². The number of hydrogen-bond donors (Lipinski definition) is 3. The fraction of sp³-hybridized carbons (Fsp3) is 0.273. The molecule has 0 aromatic heterocycles. The van der Waals surface area contributed by atoms with Crippen molar-refractivity contribution in [2.75, 3.05) is 16.0 Å². The molecule has 3 N–H and O–H groups in total. The van der Waals surface area contributed by atoms with Gasteiger partial charge < -0.3 is 16.0 Å². The molecular weight excluding hydrogens is 513 g/mol. The summed E-state index contributed by atoms with van der Waals surface area (Å²) in [6.07, 6.45) is 0.537. The highest BCUT2D eigenvalue weighted by molar-refractivity contribution is 6.52. The average Bonchev–Trinajstić information content (AvgIpc) is 3.43. The smallest absolute Gasteiger partial charge is 0.257 e. The second kappa shape index (κ2) is 10.6. The van der Waals surface area contributed by atoms with Crippen molar-refractivity contribution in [3.8, 4) is 6.07 Å². The molecule has 7 nitrogen and oxygen atoms in total. The molecule has 178 valence electrons. The summed E-state index contributed by atoms with van der Waals surface area (Å²) in [5, 5.41) is 15.5. The zero-order valence-corrected chi connectivity index (χ0v) is 19.6. The largest absolute Gasteiger partial charge is 0.326 e. The average molecular weight is 530 g/mol. The Bertz CT molecular complexity index is 1200. The van der Waals surface area contributed by atoms with Crippen LogP contribution in [0.25, 0.3) is 0 Å². The molecule has 12 heteroatoms. The van der Waals surface area contributed by atoms with Gasteiger partial charge in [-0.15, -0.1) is 23.2 Å². The van der Waals surface area contributed by atoms with Crippen molar-refractivity contribution in [1.82, 2.24) is 0 Å². The molecule has 0 aliphatic heterocycles. The molecule has 1 fully saturated rings. The van der Waals surface area contributed by atoms with E-state index >= 15 is 0 Å². The van der Waals surface area contributed by atoms with Crippen molar-refractivity contribution in [2.24, 2.45) is 5.92 Å². The number of nitrogens with one attached hydrogen (secondary N) is 3. The lowest BCUT2D eigenvalue weighted by Crippen LogP contribution is -2.19. The maximum absolute atomic E-state index is 14.8. The molecule has 1 aliphatic rings. The summed E-state index contributed by atoms with van der Waals surface area (Å²) in [7, 11) is 0. The lowest BCUT2D eigenvalue weighted by molar-refractivity contribution is -0.117. The number of halogens is 5. The van der Waals surface area contributed by atoms with E-state index in [1.807, 2.05) is 6.07 Å². The minimum Gasteiger partial charge on any atom is -0.326 e. The fourth-order valence-corrected chi connectivity index (χ4v) is 3.70. The van der Waals surface area contributed by atoms with Crippen LogP contribution in [-0.4, -0.2) is 22.1 Å². The van der Waals surface area contributed by atoms with E-state index in [-0.39, 0.29) is 35.5 Å². The molecule has 0 radical (unpaired) electrons. The normalized spacial score (nSPS) is 15.7. The van der Waals surface area contributed by atoms with Crippen LogP contribution in [0, 0.1) is 28.9 Å². The molecule has 2 aromatic rings. The summed E-state index contributed by atoms with van der Waals surface area (Å²) < 4.78 is 27.8. The molecule has 2 aromatic carbocycles. The molecule has 1 unspecified atom stereocenters. The SMILES string of the molecule is N#CCCCC(=O)Nc1c(F)ccc(NC(=O)c2cc(NC(=O)C3CC3(Cl)Cl)ccc2Cl)c1F. The molecule has 1 saturated carbocycles. The number of nitrogens with zero attached hydrogens (tertiary/aromatic N) is 1. The predicted octanol–water partition coefficient (Wildman–Crippen LogP) is 5.64.